The first-order valence-corrected chi connectivity index (χ1v) is 3.99. The fourth-order valence-corrected chi connectivity index (χ4v) is 0.715. The number of hydrogen-bond donors (Lipinski definition) is 0. The van der Waals surface area contributed by atoms with Gasteiger partial charge in [0, 0.05) is 0 Å². The van der Waals surface area contributed by atoms with Gasteiger partial charge in [0.1, 0.15) is 22.3 Å². The fourth-order valence-electron chi connectivity index (χ4n) is 0.238. The molecule has 0 aromatic rings. The molecule has 0 aliphatic heterocycles. The highest BCUT2D eigenvalue weighted by Crippen LogP contribution is 2.15. The Labute approximate surface area is 63.9 Å². The number of carbonyl (C=O) groups is 1. The van der Waals surface area contributed by atoms with Crippen LogP contribution in [0.5, 0.6) is 0 Å². The highest BCUT2D eigenvalue weighted by molar-refractivity contribution is 7.91. The van der Waals surface area contributed by atoms with Crippen molar-refractivity contribution in [3.8, 4) is 0 Å². The lowest BCUT2D eigenvalue weighted by atomic mass is 10.3. The second-order valence-corrected chi connectivity index (χ2v) is 4.69. The van der Waals surface area contributed by atoms with Crippen LogP contribution in [0, 0.1) is 0 Å². The Morgan fingerprint density at radius 3 is 2.30 bits per heavy atom. The molecule has 1 atom stereocenters. The lowest BCUT2D eigenvalue weighted by Crippen LogP contribution is -2.25. The van der Waals surface area contributed by atoms with Crippen LogP contribution in [0.4, 0.5) is 0 Å². The van der Waals surface area contributed by atoms with Crippen LogP contribution in [0.25, 0.3) is 0 Å². The Balaban J connectivity index is 3.96. The van der Waals surface area contributed by atoms with E-state index in [2.05, 4.69) is 4.40 Å². The van der Waals surface area contributed by atoms with Crippen molar-refractivity contribution in [2.45, 2.75) is 25.5 Å². The van der Waals surface area contributed by atoms with Crippen molar-refractivity contribution in [3.63, 3.8) is 0 Å². The summed E-state index contributed by atoms with van der Waals surface area (Å²) in [7, 11) is 0. The Morgan fingerprint density at radius 2 is 2.00 bits per heavy atom. The van der Waals surface area contributed by atoms with Gasteiger partial charge in [0.25, 0.3) is 0 Å². The van der Waals surface area contributed by atoms with Crippen LogP contribution in [0.1, 0.15) is 20.8 Å². The lowest BCUT2D eigenvalue weighted by molar-refractivity contribution is -0.102. The van der Waals surface area contributed by atoms with Crippen molar-refractivity contribution < 1.29 is 9.35 Å². The number of carbonyl (C=O) groups excluding carboxylic acids is 1. The van der Waals surface area contributed by atoms with Crippen LogP contribution >= 0.6 is 0 Å². The smallest absolute Gasteiger partial charge is 0.165 e. The topological polar surface area (TPSA) is 52.5 Å². The average molecular weight is 161 g/mol. The van der Waals surface area contributed by atoms with Crippen molar-refractivity contribution in [1.29, 1.82) is 0 Å². The molecule has 0 saturated heterocycles. The first-order chi connectivity index (χ1) is 4.48. The quantitative estimate of drug-likeness (QED) is 0.340. The zero-order valence-electron chi connectivity index (χ0n) is 6.33. The summed E-state index contributed by atoms with van der Waals surface area (Å²) in [5, 5.41) is 0. The molecule has 0 aliphatic carbocycles. The Bertz CT molecular complexity index is 139. The average Bonchev–Trinajstić information content (AvgIpc) is 1.80. The third-order valence-corrected chi connectivity index (χ3v) is 2.10. The van der Waals surface area contributed by atoms with E-state index >= 15 is 0 Å². The minimum atomic E-state index is -1.30. The summed E-state index contributed by atoms with van der Waals surface area (Å²) in [5.74, 6) is 0. The molecule has 0 saturated carbocycles. The molecule has 3 nitrogen and oxygen atoms in total. The molecule has 0 amide bonds. The molecule has 0 aromatic heterocycles. The van der Waals surface area contributed by atoms with E-state index in [0.29, 0.717) is 6.29 Å². The second-order valence-electron chi connectivity index (χ2n) is 2.75. The van der Waals surface area contributed by atoms with Gasteiger partial charge in [0.15, 0.2) is 6.29 Å². The summed E-state index contributed by atoms with van der Waals surface area (Å²) in [5.41, 5.74) is 0. The van der Waals surface area contributed by atoms with Gasteiger partial charge in [-0.15, -0.1) is 0 Å². The van der Waals surface area contributed by atoms with Crippen molar-refractivity contribution in [2.24, 2.45) is 4.40 Å². The van der Waals surface area contributed by atoms with Crippen molar-refractivity contribution in [1.82, 2.24) is 0 Å². The monoisotopic (exact) mass is 161 g/mol. The molecule has 1 unspecified atom stereocenters. The Kier molecular flexibility index (Phi) is 3.60. The third kappa shape index (κ3) is 3.63. The number of aldehydes is 1. The van der Waals surface area contributed by atoms with Gasteiger partial charge in [-0.2, -0.15) is 0 Å². The summed E-state index contributed by atoms with van der Waals surface area (Å²) in [6.45, 7) is 5.39. The van der Waals surface area contributed by atoms with E-state index in [4.69, 9.17) is 0 Å². The Hall–Kier alpha value is -0.350. The summed E-state index contributed by atoms with van der Waals surface area (Å²) < 4.78 is 14.1. The number of rotatable bonds is 2. The summed E-state index contributed by atoms with van der Waals surface area (Å²) >= 11 is -1.30. The fraction of sp³-hybridized carbons (Fsp3) is 0.667. The molecule has 0 bridgehead atoms. The van der Waals surface area contributed by atoms with Gasteiger partial charge >= 0.3 is 0 Å². The van der Waals surface area contributed by atoms with E-state index < -0.39 is 11.4 Å². The van der Waals surface area contributed by atoms with E-state index in [0.717, 1.165) is 6.21 Å². The highest BCUT2D eigenvalue weighted by Gasteiger charge is 2.25. The molecule has 0 N–H and O–H groups in total. The van der Waals surface area contributed by atoms with Gasteiger partial charge in [-0.3, -0.25) is 4.79 Å². The van der Waals surface area contributed by atoms with Crippen molar-refractivity contribution >= 4 is 23.9 Å². The third-order valence-electron chi connectivity index (χ3n) is 0.741. The lowest BCUT2D eigenvalue weighted by Gasteiger charge is -2.17. The predicted molar refractivity (Wildman–Crippen MR) is 42.5 cm³/mol. The summed E-state index contributed by atoms with van der Waals surface area (Å²) in [4.78, 5) is 9.75. The zero-order chi connectivity index (χ0) is 8.20. The van der Waals surface area contributed by atoms with Crippen molar-refractivity contribution in [3.05, 3.63) is 0 Å². The molecule has 0 aromatic carbocycles. The molecule has 0 fully saturated rings. The maximum atomic E-state index is 11.0. The molecule has 0 rings (SSSR count). The molecular formula is C6H11NO2S. The second kappa shape index (κ2) is 3.73. The van der Waals surface area contributed by atoms with E-state index in [-0.39, 0.29) is 4.75 Å². The first kappa shape index (κ1) is 9.65. The molecule has 4 heteroatoms. The van der Waals surface area contributed by atoms with Crippen LogP contribution in [-0.4, -0.2) is 21.8 Å². The molecule has 0 spiro atoms. The maximum Gasteiger partial charge on any atom is 0.165 e. The van der Waals surface area contributed by atoms with E-state index in [1.807, 2.05) is 0 Å². The Morgan fingerprint density at radius 1 is 1.50 bits per heavy atom. The molecule has 0 radical (unpaired) electrons. The van der Waals surface area contributed by atoms with E-state index in [1.54, 1.807) is 20.8 Å². The van der Waals surface area contributed by atoms with Crippen LogP contribution < -0.4 is 0 Å². The SMILES string of the molecule is CC(C)(C)[S+]([O-])N=CC=O. The van der Waals surface area contributed by atoms with Gasteiger partial charge in [-0.1, -0.05) is 4.40 Å². The maximum absolute atomic E-state index is 11.0. The number of nitrogens with zero attached hydrogens (tertiary/aromatic N) is 1. The van der Waals surface area contributed by atoms with Gasteiger partial charge in [0.2, 0.25) is 0 Å². The van der Waals surface area contributed by atoms with Gasteiger partial charge in [-0.05, 0) is 20.8 Å². The summed E-state index contributed by atoms with van der Waals surface area (Å²) in [6.07, 6.45) is 1.53. The van der Waals surface area contributed by atoms with Crippen LogP contribution in [0.3, 0.4) is 0 Å². The molecule has 0 heterocycles. The van der Waals surface area contributed by atoms with Crippen molar-refractivity contribution in [2.75, 3.05) is 0 Å². The van der Waals surface area contributed by atoms with E-state index in [9.17, 15) is 9.35 Å². The van der Waals surface area contributed by atoms with E-state index in [1.165, 1.54) is 0 Å². The minimum absolute atomic E-state index is 0.375. The number of hydrogen-bond acceptors (Lipinski definition) is 3. The normalized spacial score (nSPS) is 15.6. The largest absolute Gasteiger partial charge is 0.591 e. The minimum Gasteiger partial charge on any atom is -0.591 e. The predicted octanol–water partition coefficient (Wildman–Crippen LogP) is 0.718. The standard InChI is InChI=1S/C6H11NO2S/c1-6(2,3)10(9)7-4-5-8/h4-5H,1-3H3. The first-order valence-electron chi connectivity index (χ1n) is 2.88. The summed E-state index contributed by atoms with van der Waals surface area (Å²) in [6, 6.07) is 0. The molecular weight excluding hydrogens is 150 g/mol. The highest BCUT2D eigenvalue weighted by atomic mass is 32.2. The zero-order valence-corrected chi connectivity index (χ0v) is 7.14. The molecule has 0 aliphatic rings. The van der Waals surface area contributed by atoms with Crippen LogP contribution in [-0.2, 0) is 16.2 Å². The van der Waals surface area contributed by atoms with Crippen LogP contribution in [0.2, 0.25) is 0 Å². The van der Waals surface area contributed by atoms with Crippen LogP contribution in [0.15, 0.2) is 4.40 Å². The van der Waals surface area contributed by atoms with Gasteiger partial charge < -0.3 is 4.55 Å². The van der Waals surface area contributed by atoms with Gasteiger partial charge in [0.05, 0.1) is 0 Å². The molecule has 10 heavy (non-hydrogen) atoms. The van der Waals surface area contributed by atoms with Gasteiger partial charge in [-0.25, -0.2) is 0 Å². The molecule has 58 valence electrons.